The highest BCUT2D eigenvalue weighted by Gasteiger charge is 2.45. The first kappa shape index (κ1) is 7.14. The van der Waals surface area contributed by atoms with Gasteiger partial charge in [0.05, 0.1) is 6.10 Å². The molecule has 1 nitrogen and oxygen atoms in total. The Bertz CT molecular complexity index is 199. The Morgan fingerprint density at radius 1 is 0.917 bits per heavy atom. The van der Waals surface area contributed by atoms with Gasteiger partial charge in [0.15, 0.2) is 0 Å². The van der Waals surface area contributed by atoms with Gasteiger partial charge in [0.25, 0.3) is 0 Å². The lowest BCUT2D eigenvalue weighted by molar-refractivity contribution is 0.152. The maximum atomic E-state index is 9.60. The van der Waals surface area contributed by atoms with E-state index in [1.165, 1.54) is 12.8 Å². The molecule has 12 heavy (non-hydrogen) atoms. The molecular weight excluding hydrogens is 148 g/mol. The van der Waals surface area contributed by atoms with Crippen LogP contribution in [0.25, 0.3) is 0 Å². The molecule has 0 radical (unpaired) electrons. The highest BCUT2D eigenvalue weighted by atomic mass is 16.3. The summed E-state index contributed by atoms with van der Waals surface area (Å²) in [7, 11) is 0. The molecule has 0 aromatic rings. The zero-order valence-corrected chi connectivity index (χ0v) is 7.32. The zero-order valence-electron chi connectivity index (χ0n) is 7.32. The van der Waals surface area contributed by atoms with Crippen LogP contribution in [-0.2, 0) is 0 Å². The van der Waals surface area contributed by atoms with Gasteiger partial charge in [-0.1, -0.05) is 12.2 Å². The molecule has 0 amide bonds. The van der Waals surface area contributed by atoms with Gasteiger partial charge < -0.3 is 5.11 Å². The molecule has 0 aromatic carbocycles. The second-order valence-corrected chi connectivity index (χ2v) is 4.74. The standard InChI is InChI=1S/C11H16O/c12-9-5-10-7-1-2-8(4-3-7)11(10)6-9/h1-2,7-12H,3-6H2. The molecular formula is C11H16O. The van der Waals surface area contributed by atoms with Crippen LogP contribution < -0.4 is 0 Å². The lowest BCUT2D eigenvalue weighted by Gasteiger charge is -2.41. The fourth-order valence-corrected chi connectivity index (χ4v) is 3.64. The summed E-state index contributed by atoms with van der Waals surface area (Å²) < 4.78 is 0. The third-order valence-corrected chi connectivity index (χ3v) is 4.18. The predicted octanol–water partition coefficient (Wildman–Crippen LogP) is 1.97. The Hall–Kier alpha value is -0.300. The van der Waals surface area contributed by atoms with Crippen molar-refractivity contribution in [2.45, 2.75) is 31.8 Å². The summed E-state index contributed by atoms with van der Waals surface area (Å²) in [5.41, 5.74) is 0. The highest BCUT2D eigenvalue weighted by Crippen LogP contribution is 2.52. The summed E-state index contributed by atoms with van der Waals surface area (Å²) in [6.45, 7) is 0. The van der Waals surface area contributed by atoms with E-state index in [0.717, 1.165) is 36.5 Å². The number of rotatable bonds is 0. The van der Waals surface area contributed by atoms with E-state index in [9.17, 15) is 5.11 Å². The molecule has 4 aliphatic rings. The number of aliphatic hydroxyl groups excluding tert-OH is 1. The lowest BCUT2D eigenvalue weighted by Crippen LogP contribution is -2.33. The Morgan fingerprint density at radius 3 is 1.83 bits per heavy atom. The van der Waals surface area contributed by atoms with Crippen molar-refractivity contribution < 1.29 is 5.11 Å². The predicted molar refractivity (Wildman–Crippen MR) is 47.6 cm³/mol. The SMILES string of the molecule is OC1CC2C3C=CC(CC3)C2C1. The number of aliphatic hydroxyl groups is 1. The Labute approximate surface area is 73.5 Å². The summed E-state index contributed by atoms with van der Waals surface area (Å²) in [4.78, 5) is 0. The maximum Gasteiger partial charge on any atom is 0.0546 e. The molecule has 4 rings (SSSR count). The molecule has 2 bridgehead atoms. The summed E-state index contributed by atoms with van der Waals surface area (Å²) in [5, 5.41) is 9.60. The van der Waals surface area contributed by atoms with Crippen molar-refractivity contribution in [2.75, 3.05) is 0 Å². The van der Waals surface area contributed by atoms with E-state index in [1.807, 2.05) is 0 Å². The van der Waals surface area contributed by atoms with E-state index in [-0.39, 0.29) is 6.10 Å². The van der Waals surface area contributed by atoms with Crippen LogP contribution in [0.5, 0.6) is 0 Å². The smallest absolute Gasteiger partial charge is 0.0546 e. The van der Waals surface area contributed by atoms with Gasteiger partial charge in [0, 0.05) is 0 Å². The van der Waals surface area contributed by atoms with Crippen LogP contribution in [0.2, 0.25) is 0 Å². The van der Waals surface area contributed by atoms with Crippen LogP contribution in [0.15, 0.2) is 12.2 Å². The maximum absolute atomic E-state index is 9.60. The van der Waals surface area contributed by atoms with E-state index in [1.54, 1.807) is 0 Å². The summed E-state index contributed by atoms with van der Waals surface area (Å²) in [6, 6.07) is 0. The molecule has 4 aliphatic carbocycles. The van der Waals surface area contributed by atoms with Crippen molar-refractivity contribution in [1.82, 2.24) is 0 Å². The minimum atomic E-state index is 0.0167. The van der Waals surface area contributed by atoms with E-state index in [2.05, 4.69) is 12.2 Å². The first-order chi connectivity index (χ1) is 5.84. The van der Waals surface area contributed by atoms with Crippen LogP contribution in [0.4, 0.5) is 0 Å². The molecule has 4 atom stereocenters. The molecule has 1 heteroatoms. The van der Waals surface area contributed by atoms with Gasteiger partial charge in [-0.05, 0) is 49.4 Å². The van der Waals surface area contributed by atoms with Crippen molar-refractivity contribution in [3.8, 4) is 0 Å². The van der Waals surface area contributed by atoms with Gasteiger partial charge in [-0.25, -0.2) is 0 Å². The molecule has 66 valence electrons. The monoisotopic (exact) mass is 164 g/mol. The van der Waals surface area contributed by atoms with E-state index >= 15 is 0 Å². The second-order valence-electron chi connectivity index (χ2n) is 4.74. The molecule has 4 unspecified atom stereocenters. The molecule has 2 fully saturated rings. The van der Waals surface area contributed by atoms with Crippen molar-refractivity contribution in [3.05, 3.63) is 12.2 Å². The first-order valence-corrected chi connectivity index (χ1v) is 5.21. The first-order valence-electron chi connectivity index (χ1n) is 5.21. The summed E-state index contributed by atoms with van der Waals surface area (Å²) in [5.74, 6) is 3.31. The molecule has 0 saturated heterocycles. The molecule has 2 saturated carbocycles. The number of hydrogen-bond donors (Lipinski definition) is 1. The highest BCUT2D eigenvalue weighted by molar-refractivity contribution is 5.12. The topological polar surface area (TPSA) is 20.2 Å². The molecule has 1 N–H and O–H groups in total. The quantitative estimate of drug-likeness (QED) is 0.543. The summed E-state index contributed by atoms with van der Waals surface area (Å²) >= 11 is 0. The van der Waals surface area contributed by atoms with E-state index in [0.29, 0.717) is 0 Å². The van der Waals surface area contributed by atoms with Gasteiger partial charge >= 0.3 is 0 Å². The van der Waals surface area contributed by atoms with Gasteiger partial charge in [-0.15, -0.1) is 0 Å². The fraction of sp³-hybridized carbons (Fsp3) is 0.818. The second kappa shape index (κ2) is 2.35. The van der Waals surface area contributed by atoms with Crippen LogP contribution in [0, 0.1) is 23.7 Å². The third kappa shape index (κ3) is 0.832. The van der Waals surface area contributed by atoms with Crippen molar-refractivity contribution in [2.24, 2.45) is 23.7 Å². The average Bonchev–Trinajstić information content (AvgIpc) is 2.49. The van der Waals surface area contributed by atoms with E-state index < -0.39 is 0 Å². The van der Waals surface area contributed by atoms with Gasteiger partial charge in [-0.2, -0.15) is 0 Å². The van der Waals surface area contributed by atoms with Crippen molar-refractivity contribution >= 4 is 0 Å². The minimum Gasteiger partial charge on any atom is -0.393 e. The van der Waals surface area contributed by atoms with Crippen molar-refractivity contribution in [1.29, 1.82) is 0 Å². The number of fused-ring (bicyclic) bond motifs is 1. The molecule has 0 aromatic heterocycles. The van der Waals surface area contributed by atoms with Crippen LogP contribution in [0.3, 0.4) is 0 Å². The number of hydrogen-bond acceptors (Lipinski definition) is 1. The third-order valence-electron chi connectivity index (χ3n) is 4.18. The van der Waals surface area contributed by atoms with Crippen LogP contribution in [0.1, 0.15) is 25.7 Å². The average molecular weight is 164 g/mol. The Kier molecular flexibility index (Phi) is 1.40. The number of allylic oxidation sites excluding steroid dienone is 2. The van der Waals surface area contributed by atoms with Gasteiger partial charge in [0.2, 0.25) is 0 Å². The molecule has 0 aliphatic heterocycles. The van der Waals surface area contributed by atoms with Crippen LogP contribution >= 0.6 is 0 Å². The zero-order chi connectivity index (χ0) is 8.13. The van der Waals surface area contributed by atoms with Gasteiger partial charge in [0.1, 0.15) is 0 Å². The Morgan fingerprint density at radius 2 is 1.42 bits per heavy atom. The normalized spacial score (nSPS) is 55.9. The minimum absolute atomic E-state index is 0.0167. The van der Waals surface area contributed by atoms with Crippen molar-refractivity contribution in [3.63, 3.8) is 0 Å². The fourth-order valence-electron chi connectivity index (χ4n) is 3.64. The summed E-state index contributed by atoms with van der Waals surface area (Å²) in [6.07, 6.45) is 9.76. The molecule has 0 heterocycles. The molecule has 0 spiro atoms. The Balaban J connectivity index is 1.92. The largest absolute Gasteiger partial charge is 0.393 e. The lowest BCUT2D eigenvalue weighted by atomic mass is 9.64. The van der Waals surface area contributed by atoms with Gasteiger partial charge in [-0.3, -0.25) is 0 Å². The van der Waals surface area contributed by atoms with E-state index in [4.69, 9.17) is 0 Å². The van der Waals surface area contributed by atoms with Crippen LogP contribution in [-0.4, -0.2) is 11.2 Å².